The molecule has 0 aliphatic carbocycles. The van der Waals surface area contributed by atoms with Crippen LogP contribution in [0.5, 0.6) is 0 Å². The van der Waals surface area contributed by atoms with E-state index in [0.29, 0.717) is 24.4 Å². The molecule has 1 aliphatic heterocycles. The zero-order chi connectivity index (χ0) is 15.6. The first-order chi connectivity index (χ1) is 11.3. The number of hydrogen-bond acceptors (Lipinski definition) is 5. The molecular formula is C16H16N4O3. The maximum absolute atomic E-state index is 12.4. The molecular weight excluding hydrogens is 296 g/mol. The summed E-state index contributed by atoms with van der Waals surface area (Å²) in [5.74, 6) is 0.0231. The molecule has 1 fully saturated rings. The Morgan fingerprint density at radius 1 is 1.43 bits per heavy atom. The summed E-state index contributed by atoms with van der Waals surface area (Å²) in [6.07, 6.45) is 7.60. The van der Waals surface area contributed by atoms with Crippen molar-refractivity contribution in [2.75, 3.05) is 13.2 Å². The molecule has 1 saturated heterocycles. The van der Waals surface area contributed by atoms with E-state index in [4.69, 9.17) is 9.15 Å². The van der Waals surface area contributed by atoms with Crippen LogP contribution in [0.2, 0.25) is 0 Å². The fourth-order valence-electron chi connectivity index (χ4n) is 3.01. The van der Waals surface area contributed by atoms with Gasteiger partial charge in [-0.15, -0.1) is 0 Å². The summed E-state index contributed by atoms with van der Waals surface area (Å²) < 4.78 is 11.1. The summed E-state index contributed by atoms with van der Waals surface area (Å²) in [5.41, 5.74) is 2.05. The lowest BCUT2D eigenvalue weighted by Gasteiger charge is -2.17. The molecule has 1 amide bonds. The van der Waals surface area contributed by atoms with Crippen LogP contribution in [0, 0.1) is 5.92 Å². The third-order valence-electron chi connectivity index (χ3n) is 4.18. The number of aromatic amines is 1. The molecule has 23 heavy (non-hydrogen) atoms. The Kier molecular flexibility index (Phi) is 3.55. The van der Waals surface area contributed by atoms with E-state index in [1.165, 1.54) is 0 Å². The number of furan rings is 1. The maximum atomic E-state index is 12.4. The van der Waals surface area contributed by atoms with E-state index in [2.05, 4.69) is 20.5 Å². The number of fused-ring (bicyclic) bond motifs is 1. The van der Waals surface area contributed by atoms with E-state index in [-0.39, 0.29) is 17.9 Å². The van der Waals surface area contributed by atoms with Crippen molar-refractivity contribution >= 4 is 16.9 Å². The van der Waals surface area contributed by atoms with Crippen LogP contribution in [-0.2, 0) is 4.74 Å². The SMILES string of the molecule is O=C(NC[C@H]1CCO[C@@H]1c1cn[nH]c1)c1nccc2occc12. The van der Waals surface area contributed by atoms with Gasteiger partial charge in [0, 0.05) is 37.0 Å². The molecule has 7 nitrogen and oxygen atoms in total. The summed E-state index contributed by atoms with van der Waals surface area (Å²) in [6, 6.07) is 3.50. The third-order valence-corrected chi connectivity index (χ3v) is 4.18. The van der Waals surface area contributed by atoms with E-state index < -0.39 is 0 Å². The van der Waals surface area contributed by atoms with E-state index >= 15 is 0 Å². The van der Waals surface area contributed by atoms with Gasteiger partial charge in [0.2, 0.25) is 0 Å². The van der Waals surface area contributed by atoms with Crippen LogP contribution in [0.4, 0.5) is 0 Å². The molecule has 7 heteroatoms. The number of carbonyl (C=O) groups is 1. The minimum absolute atomic E-state index is 0.0354. The fourth-order valence-corrected chi connectivity index (χ4v) is 3.01. The molecule has 0 spiro atoms. The van der Waals surface area contributed by atoms with Gasteiger partial charge in [0.15, 0.2) is 0 Å². The van der Waals surface area contributed by atoms with Crippen molar-refractivity contribution in [3.8, 4) is 0 Å². The molecule has 118 valence electrons. The number of rotatable bonds is 4. The predicted molar refractivity (Wildman–Crippen MR) is 81.7 cm³/mol. The van der Waals surface area contributed by atoms with Crippen molar-refractivity contribution in [2.45, 2.75) is 12.5 Å². The third kappa shape index (κ3) is 2.59. The summed E-state index contributed by atoms with van der Waals surface area (Å²) in [4.78, 5) is 16.6. The van der Waals surface area contributed by atoms with Crippen LogP contribution in [0.15, 0.2) is 41.4 Å². The molecule has 0 unspecified atom stereocenters. The molecule has 0 aromatic carbocycles. The number of nitrogens with zero attached hydrogens (tertiary/aromatic N) is 2. The molecule has 0 radical (unpaired) electrons. The van der Waals surface area contributed by atoms with Crippen molar-refractivity contribution in [2.24, 2.45) is 5.92 Å². The Labute approximate surface area is 132 Å². The number of ether oxygens (including phenoxy) is 1. The Morgan fingerprint density at radius 2 is 2.39 bits per heavy atom. The lowest BCUT2D eigenvalue weighted by Crippen LogP contribution is -2.31. The molecule has 0 saturated carbocycles. The highest BCUT2D eigenvalue weighted by Gasteiger charge is 2.30. The first kappa shape index (κ1) is 14.0. The van der Waals surface area contributed by atoms with Crippen LogP contribution in [-0.4, -0.2) is 34.2 Å². The van der Waals surface area contributed by atoms with Gasteiger partial charge < -0.3 is 14.5 Å². The van der Waals surface area contributed by atoms with Gasteiger partial charge in [-0.3, -0.25) is 14.9 Å². The molecule has 3 aromatic rings. The average Bonchev–Trinajstić information content (AvgIpc) is 3.31. The van der Waals surface area contributed by atoms with Crippen LogP contribution in [0.3, 0.4) is 0 Å². The highest BCUT2D eigenvalue weighted by molar-refractivity contribution is 6.03. The summed E-state index contributed by atoms with van der Waals surface area (Å²) in [5, 5.41) is 10.4. The molecule has 2 atom stereocenters. The number of H-pyrrole nitrogens is 1. The second-order valence-electron chi connectivity index (χ2n) is 5.57. The Morgan fingerprint density at radius 3 is 3.26 bits per heavy atom. The molecule has 4 heterocycles. The van der Waals surface area contributed by atoms with E-state index in [1.54, 1.807) is 30.8 Å². The number of amides is 1. The van der Waals surface area contributed by atoms with Crippen molar-refractivity contribution in [1.82, 2.24) is 20.5 Å². The number of pyridine rings is 1. The smallest absolute Gasteiger partial charge is 0.270 e. The normalized spacial score (nSPS) is 20.9. The van der Waals surface area contributed by atoms with Crippen LogP contribution in [0.1, 0.15) is 28.6 Å². The standard InChI is InChI=1S/C16H16N4O3/c21-16(14-12-3-6-22-13(12)1-4-17-14)18-7-10-2-5-23-15(10)11-8-19-20-9-11/h1,3-4,6,8-10,15H,2,5,7H2,(H,18,21)(H,19,20)/t10-,15+/m1/s1. The van der Waals surface area contributed by atoms with Crippen molar-refractivity contribution in [3.63, 3.8) is 0 Å². The highest BCUT2D eigenvalue weighted by atomic mass is 16.5. The number of aromatic nitrogens is 3. The van der Waals surface area contributed by atoms with Gasteiger partial charge in [0.25, 0.3) is 5.91 Å². The summed E-state index contributed by atoms with van der Waals surface area (Å²) in [7, 11) is 0. The van der Waals surface area contributed by atoms with Crippen LogP contribution in [0.25, 0.3) is 11.0 Å². The molecule has 4 rings (SSSR count). The van der Waals surface area contributed by atoms with Gasteiger partial charge in [0.1, 0.15) is 11.3 Å². The van der Waals surface area contributed by atoms with Gasteiger partial charge in [-0.1, -0.05) is 0 Å². The van der Waals surface area contributed by atoms with Crippen LogP contribution < -0.4 is 5.32 Å². The van der Waals surface area contributed by atoms with E-state index in [0.717, 1.165) is 17.4 Å². The lowest BCUT2D eigenvalue weighted by molar-refractivity contribution is 0.0845. The Bertz CT molecular complexity index is 812. The topological polar surface area (TPSA) is 93.0 Å². The number of hydrogen-bond donors (Lipinski definition) is 2. The highest BCUT2D eigenvalue weighted by Crippen LogP contribution is 2.33. The van der Waals surface area contributed by atoms with Gasteiger partial charge in [-0.25, -0.2) is 0 Å². The first-order valence-electron chi connectivity index (χ1n) is 7.53. The number of carbonyl (C=O) groups excluding carboxylic acids is 1. The molecule has 2 N–H and O–H groups in total. The zero-order valence-corrected chi connectivity index (χ0v) is 12.4. The molecule has 0 bridgehead atoms. The number of nitrogens with one attached hydrogen (secondary N) is 2. The van der Waals surface area contributed by atoms with Gasteiger partial charge in [-0.2, -0.15) is 5.10 Å². The van der Waals surface area contributed by atoms with Gasteiger partial charge in [0.05, 0.1) is 24.0 Å². The van der Waals surface area contributed by atoms with Crippen molar-refractivity contribution in [1.29, 1.82) is 0 Å². The summed E-state index contributed by atoms with van der Waals surface area (Å²) >= 11 is 0. The zero-order valence-electron chi connectivity index (χ0n) is 12.4. The Balaban J connectivity index is 1.46. The largest absolute Gasteiger partial charge is 0.464 e. The predicted octanol–water partition coefficient (Wildman–Crippen LogP) is 2.06. The van der Waals surface area contributed by atoms with Crippen molar-refractivity contribution < 1.29 is 13.9 Å². The average molecular weight is 312 g/mol. The van der Waals surface area contributed by atoms with E-state index in [9.17, 15) is 4.79 Å². The second kappa shape index (κ2) is 5.85. The quantitative estimate of drug-likeness (QED) is 0.769. The molecule has 3 aromatic heterocycles. The van der Waals surface area contributed by atoms with E-state index in [1.807, 2.05) is 6.20 Å². The van der Waals surface area contributed by atoms with Crippen LogP contribution >= 0.6 is 0 Å². The summed E-state index contributed by atoms with van der Waals surface area (Å²) in [6.45, 7) is 1.22. The fraction of sp³-hybridized carbons (Fsp3) is 0.312. The molecule has 1 aliphatic rings. The van der Waals surface area contributed by atoms with Crippen molar-refractivity contribution in [3.05, 3.63) is 48.2 Å². The lowest BCUT2D eigenvalue weighted by atomic mass is 9.97. The van der Waals surface area contributed by atoms with Gasteiger partial charge in [-0.05, 0) is 18.6 Å². The monoisotopic (exact) mass is 312 g/mol. The van der Waals surface area contributed by atoms with Gasteiger partial charge >= 0.3 is 0 Å². The minimum atomic E-state index is -0.199. The second-order valence-corrected chi connectivity index (χ2v) is 5.57. The minimum Gasteiger partial charge on any atom is -0.464 e. The Hall–Kier alpha value is -2.67. The first-order valence-corrected chi connectivity index (χ1v) is 7.53. The maximum Gasteiger partial charge on any atom is 0.270 e.